The lowest BCUT2D eigenvalue weighted by atomic mass is 10.1. The molecule has 0 fully saturated rings. The molecule has 0 amide bonds. The van der Waals surface area contributed by atoms with Crippen LogP contribution in [0.5, 0.6) is 0 Å². The second-order valence-corrected chi connectivity index (χ2v) is 7.62. The first-order chi connectivity index (χ1) is 14.6. The van der Waals surface area contributed by atoms with Crippen LogP contribution in [-0.2, 0) is 6.54 Å². The third kappa shape index (κ3) is 3.25. The molecule has 0 atom stereocenters. The predicted molar refractivity (Wildman–Crippen MR) is 117 cm³/mol. The van der Waals surface area contributed by atoms with Gasteiger partial charge in [-0.25, -0.2) is 4.39 Å². The summed E-state index contributed by atoms with van der Waals surface area (Å²) in [4.78, 5) is 16.6. The minimum absolute atomic E-state index is 0.173. The lowest BCUT2D eigenvalue weighted by Gasteiger charge is -2.26. The number of benzene rings is 3. The standard InChI is InChI=1S/C24H21FN4O/c1-27-11-12-28(20-13-17-5-2-3-6-21(17)22(25)15-20)23-9-8-19(14-18(23)16-27)29-24(30)7-4-10-26-29/h2-10,13-15H,11-12,16H2,1H3. The van der Waals surface area contributed by atoms with Gasteiger partial charge in [0.15, 0.2) is 0 Å². The van der Waals surface area contributed by atoms with E-state index in [1.54, 1.807) is 24.4 Å². The normalized spacial score (nSPS) is 14.5. The summed E-state index contributed by atoms with van der Waals surface area (Å²) in [6, 6.07) is 20.2. The van der Waals surface area contributed by atoms with Crippen LogP contribution in [0.15, 0.2) is 77.7 Å². The first-order valence-electron chi connectivity index (χ1n) is 9.92. The van der Waals surface area contributed by atoms with Crippen molar-refractivity contribution in [2.45, 2.75) is 6.54 Å². The average Bonchev–Trinajstić information content (AvgIpc) is 2.91. The van der Waals surface area contributed by atoms with Crippen LogP contribution >= 0.6 is 0 Å². The molecule has 6 heteroatoms. The lowest BCUT2D eigenvalue weighted by Crippen LogP contribution is -2.26. The number of fused-ring (bicyclic) bond motifs is 2. The molecule has 2 heterocycles. The van der Waals surface area contributed by atoms with Crippen molar-refractivity contribution < 1.29 is 4.39 Å². The Hall–Kier alpha value is -3.51. The van der Waals surface area contributed by atoms with Crippen molar-refractivity contribution in [2.75, 3.05) is 25.0 Å². The van der Waals surface area contributed by atoms with E-state index in [1.807, 2.05) is 42.5 Å². The second kappa shape index (κ2) is 7.39. The van der Waals surface area contributed by atoms with Crippen molar-refractivity contribution in [3.63, 3.8) is 0 Å². The fraction of sp³-hybridized carbons (Fsp3) is 0.167. The highest BCUT2D eigenvalue weighted by Gasteiger charge is 2.21. The van der Waals surface area contributed by atoms with E-state index in [1.165, 1.54) is 10.7 Å². The zero-order valence-corrected chi connectivity index (χ0v) is 16.6. The topological polar surface area (TPSA) is 41.4 Å². The number of rotatable bonds is 2. The van der Waals surface area contributed by atoms with Crippen molar-refractivity contribution in [3.8, 4) is 5.69 Å². The molecule has 5 nitrogen and oxygen atoms in total. The Bertz CT molecular complexity index is 1300. The van der Waals surface area contributed by atoms with E-state index in [4.69, 9.17) is 0 Å². The Kier molecular flexibility index (Phi) is 4.56. The predicted octanol–water partition coefficient (Wildman–Crippen LogP) is 4.11. The number of anilines is 2. The molecule has 1 aliphatic heterocycles. The molecule has 0 saturated heterocycles. The molecule has 4 aromatic rings. The molecule has 1 aliphatic rings. The first-order valence-corrected chi connectivity index (χ1v) is 9.92. The Labute approximate surface area is 173 Å². The molecule has 0 N–H and O–H groups in total. The molecule has 5 rings (SSSR count). The molecule has 0 radical (unpaired) electrons. The summed E-state index contributed by atoms with van der Waals surface area (Å²) in [5, 5.41) is 5.69. The van der Waals surface area contributed by atoms with Crippen LogP contribution in [0.25, 0.3) is 16.5 Å². The minimum atomic E-state index is -0.223. The molecule has 0 bridgehead atoms. The van der Waals surface area contributed by atoms with Gasteiger partial charge in [-0.15, -0.1) is 0 Å². The fourth-order valence-electron chi connectivity index (χ4n) is 4.08. The van der Waals surface area contributed by atoms with Gasteiger partial charge >= 0.3 is 0 Å². The fourth-order valence-corrected chi connectivity index (χ4v) is 4.08. The maximum Gasteiger partial charge on any atom is 0.271 e. The Morgan fingerprint density at radius 3 is 2.67 bits per heavy atom. The van der Waals surface area contributed by atoms with E-state index in [0.29, 0.717) is 5.39 Å². The van der Waals surface area contributed by atoms with Crippen LogP contribution in [-0.4, -0.2) is 34.8 Å². The molecule has 0 saturated carbocycles. The molecule has 3 aromatic carbocycles. The maximum atomic E-state index is 14.8. The highest BCUT2D eigenvalue weighted by Crippen LogP contribution is 2.35. The van der Waals surface area contributed by atoms with Crippen molar-refractivity contribution in [1.29, 1.82) is 0 Å². The maximum absolute atomic E-state index is 14.8. The minimum Gasteiger partial charge on any atom is -0.340 e. The van der Waals surface area contributed by atoms with E-state index < -0.39 is 0 Å². The van der Waals surface area contributed by atoms with Gasteiger partial charge in [-0.05, 0) is 54.4 Å². The van der Waals surface area contributed by atoms with Crippen LogP contribution in [0.4, 0.5) is 15.8 Å². The molecular formula is C24H21FN4O. The van der Waals surface area contributed by atoms with Gasteiger partial charge in [0.05, 0.1) is 5.69 Å². The zero-order chi connectivity index (χ0) is 20.7. The summed E-state index contributed by atoms with van der Waals surface area (Å²) in [5.74, 6) is -0.223. The molecule has 0 spiro atoms. The number of halogens is 1. The van der Waals surface area contributed by atoms with Gasteiger partial charge in [-0.3, -0.25) is 4.79 Å². The SMILES string of the molecule is CN1CCN(c2cc(F)c3ccccc3c2)c2ccc(-n3ncccc3=O)cc2C1. The van der Waals surface area contributed by atoms with Crippen molar-refractivity contribution in [2.24, 2.45) is 0 Å². The third-order valence-electron chi connectivity index (χ3n) is 5.57. The average molecular weight is 400 g/mol. The van der Waals surface area contributed by atoms with Crippen molar-refractivity contribution in [3.05, 3.63) is 94.7 Å². The zero-order valence-electron chi connectivity index (χ0n) is 16.6. The van der Waals surface area contributed by atoms with E-state index in [2.05, 4.69) is 21.9 Å². The largest absolute Gasteiger partial charge is 0.340 e. The van der Waals surface area contributed by atoms with Gasteiger partial charge in [0.2, 0.25) is 0 Å². The summed E-state index contributed by atoms with van der Waals surface area (Å²) in [6.07, 6.45) is 1.60. The van der Waals surface area contributed by atoms with Crippen LogP contribution in [0, 0.1) is 5.82 Å². The monoisotopic (exact) mass is 400 g/mol. The summed E-state index contributed by atoms with van der Waals surface area (Å²) < 4.78 is 16.2. The quantitative estimate of drug-likeness (QED) is 0.508. The van der Waals surface area contributed by atoms with Crippen LogP contribution in [0.2, 0.25) is 0 Å². The number of hydrogen-bond acceptors (Lipinski definition) is 4. The molecule has 0 aliphatic carbocycles. The van der Waals surface area contributed by atoms with E-state index in [-0.39, 0.29) is 11.4 Å². The third-order valence-corrected chi connectivity index (χ3v) is 5.57. The second-order valence-electron chi connectivity index (χ2n) is 7.62. The first kappa shape index (κ1) is 18.5. The van der Waals surface area contributed by atoms with Crippen molar-refractivity contribution >= 4 is 22.1 Å². The highest BCUT2D eigenvalue weighted by atomic mass is 19.1. The van der Waals surface area contributed by atoms with Crippen molar-refractivity contribution in [1.82, 2.24) is 14.7 Å². The summed E-state index contributed by atoms with van der Waals surface area (Å²) in [5.41, 5.74) is 3.46. The molecule has 0 unspecified atom stereocenters. The van der Waals surface area contributed by atoms with E-state index >= 15 is 0 Å². The van der Waals surface area contributed by atoms with E-state index in [0.717, 1.165) is 47.6 Å². The number of hydrogen-bond donors (Lipinski definition) is 0. The van der Waals surface area contributed by atoms with Gasteiger partial charge in [0.25, 0.3) is 5.56 Å². The Morgan fingerprint density at radius 1 is 0.933 bits per heavy atom. The molecule has 30 heavy (non-hydrogen) atoms. The van der Waals surface area contributed by atoms with Gasteiger partial charge in [0.1, 0.15) is 5.82 Å². The number of nitrogens with zero attached hydrogens (tertiary/aromatic N) is 4. The van der Waals surface area contributed by atoms with Gasteiger partial charge in [-0.2, -0.15) is 9.78 Å². The van der Waals surface area contributed by atoms with Crippen LogP contribution in [0.3, 0.4) is 0 Å². The highest BCUT2D eigenvalue weighted by molar-refractivity contribution is 5.88. The summed E-state index contributed by atoms with van der Waals surface area (Å²) in [7, 11) is 2.06. The summed E-state index contributed by atoms with van der Waals surface area (Å²) in [6.45, 7) is 2.31. The Morgan fingerprint density at radius 2 is 1.80 bits per heavy atom. The van der Waals surface area contributed by atoms with Crippen LogP contribution in [0.1, 0.15) is 5.56 Å². The summed E-state index contributed by atoms with van der Waals surface area (Å²) >= 11 is 0. The van der Waals surface area contributed by atoms with Gasteiger partial charge in [0, 0.05) is 48.7 Å². The number of likely N-dealkylation sites (N-methyl/N-ethyl adjacent to an activating group) is 1. The molecule has 150 valence electrons. The Balaban J connectivity index is 1.64. The smallest absolute Gasteiger partial charge is 0.271 e. The molecular weight excluding hydrogens is 379 g/mol. The lowest BCUT2D eigenvalue weighted by molar-refractivity contribution is 0.343. The molecule has 1 aromatic heterocycles. The van der Waals surface area contributed by atoms with Crippen LogP contribution < -0.4 is 10.5 Å². The van der Waals surface area contributed by atoms with E-state index in [9.17, 15) is 9.18 Å². The van der Waals surface area contributed by atoms with Gasteiger partial charge < -0.3 is 9.80 Å². The number of aromatic nitrogens is 2. The van der Waals surface area contributed by atoms with Gasteiger partial charge in [-0.1, -0.05) is 24.3 Å².